The summed E-state index contributed by atoms with van der Waals surface area (Å²) in [6, 6.07) is 56.0. The molecule has 0 fully saturated rings. The summed E-state index contributed by atoms with van der Waals surface area (Å²) >= 11 is 0. The number of rotatable bonds is 7. The summed E-state index contributed by atoms with van der Waals surface area (Å²) < 4.78 is 15.3. The van der Waals surface area contributed by atoms with E-state index in [1.807, 2.05) is 36.7 Å². The summed E-state index contributed by atoms with van der Waals surface area (Å²) in [6.07, 6.45) is 3.71. The molecule has 0 spiro atoms. The molecule has 2 aromatic heterocycles. The summed E-state index contributed by atoms with van der Waals surface area (Å²) in [7, 11) is 2.07. The van der Waals surface area contributed by atoms with Crippen LogP contribution in [-0.4, -0.2) is 26.4 Å². The van der Waals surface area contributed by atoms with Crippen molar-refractivity contribution < 1.29 is 30.5 Å². The van der Waals surface area contributed by atoms with E-state index in [9.17, 15) is 0 Å². The number of nitrogens with zero attached hydrogens (tertiary/aromatic N) is 4. The van der Waals surface area contributed by atoms with Crippen LogP contribution in [0.2, 0.25) is 0 Å². The number of aromatic nitrogens is 2. The molecule has 0 unspecified atom stereocenters. The third-order valence-electron chi connectivity index (χ3n) is 11.7. The minimum Gasteiger partial charge on any atom is -0.503 e. The van der Waals surface area contributed by atoms with Crippen LogP contribution in [0.5, 0.6) is 11.5 Å². The Bertz CT molecular complexity index is 2990. The average Bonchev–Trinajstić information content (AvgIpc) is 3.92. The van der Waals surface area contributed by atoms with Crippen LogP contribution < -0.4 is 4.74 Å². The normalized spacial score (nSPS) is 14.0. The van der Waals surface area contributed by atoms with E-state index in [-0.39, 0.29) is 31.9 Å². The fourth-order valence-electron chi connectivity index (χ4n) is 8.47. The van der Waals surface area contributed by atoms with Crippen LogP contribution in [0.4, 0.5) is 0 Å². The average molecular weight is 991 g/mol. The van der Waals surface area contributed by atoms with Crippen LogP contribution >= 0.6 is 0 Å². The Morgan fingerprint density at radius 1 is 0.645 bits per heavy atom. The molecule has 0 bridgehead atoms. The predicted molar refractivity (Wildman–Crippen MR) is 247 cm³/mol. The first-order chi connectivity index (χ1) is 29.4. The molecule has 0 N–H and O–H groups in total. The zero-order valence-electron chi connectivity index (χ0n) is 35.9. The van der Waals surface area contributed by atoms with Gasteiger partial charge in [0.1, 0.15) is 5.82 Å². The van der Waals surface area contributed by atoms with Gasteiger partial charge in [0.05, 0.1) is 12.0 Å². The van der Waals surface area contributed by atoms with Crippen LogP contribution in [0.3, 0.4) is 0 Å². The van der Waals surface area contributed by atoms with E-state index < -0.39 is 0 Å². The Labute approximate surface area is 379 Å². The first kappa shape index (κ1) is 41.0. The molecule has 2 aliphatic rings. The molecule has 0 radical (unpaired) electrons. The van der Waals surface area contributed by atoms with Gasteiger partial charge in [-0.1, -0.05) is 144 Å². The molecule has 6 aromatic carbocycles. The van der Waals surface area contributed by atoms with Crippen molar-refractivity contribution in [3.63, 3.8) is 0 Å². The Kier molecular flexibility index (Phi) is 10.5. The van der Waals surface area contributed by atoms with E-state index in [1.165, 1.54) is 11.1 Å². The molecule has 6 nitrogen and oxygen atoms in total. The zero-order valence-corrected chi connectivity index (χ0v) is 38.2. The van der Waals surface area contributed by atoms with Gasteiger partial charge in [-0.25, -0.2) is 4.98 Å². The molecule has 4 heterocycles. The largest absolute Gasteiger partial charge is 0.503 e. The molecule has 62 heavy (non-hydrogen) atoms. The molecular formula is C55H47N4O2Pt-3. The fraction of sp³-hybridized carbons (Fsp3) is 0.164. The van der Waals surface area contributed by atoms with Crippen molar-refractivity contribution in [1.82, 2.24) is 19.4 Å². The molecule has 2 aliphatic heterocycles. The van der Waals surface area contributed by atoms with Gasteiger partial charge in [-0.15, -0.1) is 41.3 Å². The third kappa shape index (κ3) is 7.30. The molecule has 7 heteroatoms. The Morgan fingerprint density at radius 2 is 1.29 bits per heavy atom. The Balaban J connectivity index is 0.00000490. The van der Waals surface area contributed by atoms with Gasteiger partial charge in [-0.3, -0.25) is 0 Å². The second-order valence-electron chi connectivity index (χ2n) is 17.9. The maximum absolute atomic E-state index is 6.62. The quantitative estimate of drug-likeness (QED) is 0.149. The first-order valence-corrected chi connectivity index (χ1v) is 20.8. The van der Waals surface area contributed by atoms with Crippen LogP contribution in [-0.2, 0) is 36.6 Å². The molecule has 0 amide bonds. The SMILES string of the molecule is CN1[CH-]N2C(c3[c-]c(Oc4[c-]c5c(cc4)c4cc(C(C)(C)C)ccc4n5-c4cc(C(C)(C)C)ccn4)ccc3)=COC2=C1c1c(-c2ccccc2)cccc1-c1ccccc1.[Pt]. The van der Waals surface area contributed by atoms with E-state index in [4.69, 9.17) is 14.5 Å². The Hall–Kier alpha value is -6.36. The van der Waals surface area contributed by atoms with E-state index in [2.05, 4.69) is 197 Å². The minimum atomic E-state index is -0.0351. The maximum atomic E-state index is 6.62. The van der Waals surface area contributed by atoms with Crippen LogP contribution in [0.25, 0.3) is 61.3 Å². The van der Waals surface area contributed by atoms with Crippen molar-refractivity contribution in [3.8, 4) is 39.6 Å². The number of benzene rings is 6. The molecule has 312 valence electrons. The molecule has 10 rings (SSSR count). The van der Waals surface area contributed by atoms with Crippen molar-refractivity contribution in [2.45, 2.75) is 52.4 Å². The first-order valence-electron chi connectivity index (χ1n) is 20.8. The van der Waals surface area contributed by atoms with E-state index in [0.29, 0.717) is 11.5 Å². The van der Waals surface area contributed by atoms with Crippen molar-refractivity contribution in [2.24, 2.45) is 0 Å². The molecule has 0 aliphatic carbocycles. The summed E-state index contributed by atoms with van der Waals surface area (Å²) in [4.78, 5) is 9.15. The zero-order chi connectivity index (χ0) is 42.0. The summed E-state index contributed by atoms with van der Waals surface area (Å²) in [5, 5.41) is 2.25. The Morgan fingerprint density at radius 3 is 1.97 bits per heavy atom. The monoisotopic (exact) mass is 990 g/mol. The van der Waals surface area contributed by atoms with E-state index >= 15 is 0 Å². The molecule has 0 atom stereocenters. The van der Waals surface area contributed by atoms with Gasteiger partial charge in [-0.2, -0.15) is 12.7 Å². The molecular weight excluding hydrogens is 944 g/mol. The van der Waals surface area contributed by atoms with Gasteiger partial charge in [0.2, 0.25) is 0 Å². The van der Waals surface area contributed by atoms with Gasteiger partial charge in [0.25, 0.3) is 0 Å². The second kappa shape index (κ2) is 15.8. The van der Waals surface area contributed by atoms with Gasteiger partial charge in [0.15, 0.2) is 5.88 Å². The maximum Gasteiger partial charge on any atom is 0.184 e. The van der Waals surface area contributed by atoms with Crippen LogP contribution in [0, 0.1) is 18.8 Å². The smallest absolute Gasteiger partial charge is 0.184 e. The minimum absolute atomic E-state index is 0. The van der Waals surface area contributed by atoms with Gasteiger partial charge in [-0.05, 0) is 80.5 Å². The fourth-order valence-corrected chi connectivity index (χ4v) is 8.47. The van der Waals surface area contributed by atoms with Gasteiger partial charge in [0, 0.05) is 49.8 Å². The van der Waals surface area contributed by atoms with Gasteiger partial charge >= 0.3 is 0 Å². The summed E-state index contributed by atoms with van der Waals surface area (Å²) in [5.74, 6) is 2.75. The third-order valence-corrected chi connectivity index (χ3v) is 11.7. The van der Waals surface area contributed by atoms with E-state index in [1.54, 1.807) is 0 Å². The molecule has 8 aromatic rings. The standard InChI is InChI=1S/C55H47N4O2.Pt/c1-54(2,3)39-24-27-47-46(31-39)45-26-25-42(33-48(45)59(47)50-32-40(28-29-56-50)55(4,5)6)61-41-21-14-20-38(30-41)49-34-60-53-52(57(7)35-58(49)53)51-43(36-16-10-8-11-17-36)22-15-23-44(51)37-18-12-9-13-19-37;/h8-29,31-32,34-35H,1-7H3;/q-3;. The molecule has 0 saturated heterocycles. The summed E-state index contributed by atoms with van der Waals surface area (Å²) in [5.41, 5.74) is 12.8. The molecule has 0 saturated carbocycles. The predicted octanol–water partition coefficient (Wildman–Crippen LogP) is 13.5. The number of ether oxygens (including phenoxy) is 2. The summed E-state index contributed by atoms with van der Waals surface area (Å²) in [6.45, 7) is 15.5. The van der Waals surface area contributed by atoms with Crippen molar-refractivity contribution in [2.75, 3.05) is 7.05 Å². The van der Waals surface area contributed by atoms with Crippen LogP contribution in [0.1, 0.15) is 63.8 Å². The topological polar surface area (TPSA) is 42.8 Å². The number of pyridine rings is 1. The van der Waals surface area contributed by atoms with Crippen LogP contribution in [0.15, 0.2) is 158 Å². The number of hydrogen-bond donors (Lipinski definition) is 0. The number of fused-ring (bicyclic) bond motifs is 4. The van der Waals surface area contributed by atoms with Crippen molar-refractivity contribution in [3.05, 3.63) is 199 Å². The number of hydrogen-bond acceptors (Lipinski definition) is 5. The van der Waals surface area contributed by atoms with Gasteiger partial charge < -0.3 is 23.8 Å². The van der Waals surface area contributed by atoms with Crippen molar-refractivity contribution >= 4 is 33.2 Å². The van der Waals surface area contributed by atoms with Crippen molar-refractivity contribution in [1.29, 1.82) is 0 Å². The second-order valence-corrected chi connectivity index (χ2v) is 17.9. The van der Waals surface area contributed by atoms with E-state index in [0.717, 1.165) is 78.3 Å².